The Bertz CT molecular complexity index is 1030. The van der Waals surface area contributed by atoms with Crippen molar-refractivity contribution in [3.8, 4) is 5.75 Å². The number of hydrogen-bond acceptors (Lipinski definition) is 3. The van der Waals surface area contributed by atoms with E-state index in [1.165, 1.54) is 12.8 Å². The third-order valence-corrected chi connectivity index (χ3v) is 5.45. The number of nitrogens with one attached hydrogen (secondary N) is 2. The first kappa shape index (κ1) is 24.1. The number of carbonyl (C=O) groups is 2. The summed E-state index contributed by atoms with van der Waals surface area (Å²) in [6, 6.07) is 23.7. The van der Waals surface area contributed by atoms with Gasteiger partial charge in [-0.25, -0.2) is 0 Å². The highest BCUT2D eigenvalue weighted by Crippen LogP contribution is 2.20. The number of ether oxygens (including phenoxy) is 1. The topological polar surface area (TPSA) is 67.4 Å². The summed E-state index contributed by atoms with van der Waals surface area (Å²) in [5, 5.41) is 5.86. The van der Waals surface area contributed by atoms with E-state index >= 15 is 0 Å². The first-order valence-corrected chi connectivity index (χ1v) is 11.6. The molecule has 2 amide bonds. The number of rotatable bonds is 11. The maximum Gasteiger partial charge on any atom is 0.255 e. The number of benzene rings is 3. The molecular weight excluding hydrogens is 412 g/mol. The second kappa shape index (κ2) is 12.4. The fourth-order valence-corrected chi connectivity index (χ4v) is 3.51. The molecule has 2 N–H and O–H groups in total. The number of unbranched alkanes of at least 4 members (excludes halogenated alkanes) is 3. The molecule has 0 aromatic heterocycles. The molecule has 1 unspecified atom stereocenters. The van der Waals surface area contributed by atoms with Crippen LogP contribution < -0.4 is 15.4 Å². The Morgan fingerprint density at radius 2 is 1.52 bits per heavy atom. The predicted molar refractivity (Wildman–Crippen MR) is 133 cm³/mol. The van der Waals surface area contributed by atoms with Crippen molar-refractivity contribution in [1.82, 2.24) is 5.32 Å². The van der Waals surface area contributed by atoms with Gasteiger partial charge in [0, 0.05) is 5.56 Å². The third-order valence-electron chi connectivity index (χ3n) is 5.45. The quantitative estimate of drug-likeness (QED) is 0.337. The minimum Gasteiger partial charge on any atom is -0.494 e. The first-order chi connectivity index (χ1) is 16.1. The second-order valence-corrected chi connectivity index (χ2v) is 8.04. The van der Waals surface area contributed by atoms with Gasteiger partial charge in [-0.2, -0.15) is 0 Å². The summed E-state index contributed by atoms with van der Waals surface area (Å²) in [7, 11) is 0. The zero-order valence-corrected chi connectivity index (χ0v) is 19.3. The van der Waals surface area contributed by atoms with Gasteiger partial charge in [-0.05, 0) is 55.3 Å². The van der Waals surface area contributed by atoms with Gasteiger partial charge in [0.25, 0.3) is 11.8 Å². The zero-order valence-electron chi connectivity index (χ0n) is 19.3. The van der Waals surface area contributed by atoms with Gasteiger partial charge < -0.3 is 15.4 Å². The van der Waals surface area contributed by atoms with E-state index in [0.717, 1.165) is 24.2 Å². The van der Waals surface area contributed by atoms with Crippen molar-refractivity contribution >= 4 is 17.5 Å². The first-order valence-electron chi connectivity index (χ1n) is 11.6. The molecule has 172 valence electrons. The molecule has 0 radical (unpaired) electrons. The normalized spacial score (nSPS) is 11.5. The molecule has 0 spiro atoms. The molecule has 5 heteroatoms. The molecule has 0 fully saturated rings. The predicted octanol–water partition coefficient (Wildman–Crippen LogP) is 6.39. The number of carbonyl (C=O) groups excluding carboxylic acids is 2. The number of para-hydroxylation sites is 1. The second-order valence-electron chi connectivity index (χ2n) is 8.04. The van der Waals surface area contributed by atoms with Gasteiger partial charge in [0.15, 0.2) is 0 Å². The molecule has 0 aliphatic rings. The van der Waals surface area contributed by atoms with Gasteiger partial charge in [0.1, 0.15) is 5.75 Å². The van der Waals surface area contributed by atoms with Crippen molar-refractivity contribution < 1.29 is 14.3 Å². The van der Waals surface area contributed by atoms with Crippen molar-refractivity contribution in [1.29, 1.82) is 0 Å². The van der Waals surface area contributed by atoms with Crippen molar-refractivity contribution in [3.05, 3.63) is 95.6 Å². The summed E-state index contributed by atoms with van der Waals surface area (Å²) in [6.45, 7) is 4.79. The lowest BCUT2D eigenvalue weighted by molar-refractivity contribution is 0.0940. The SMILES string of the molecule is CCCCCCOc1ccc(C(=O)Nc2ccccc2C(=O)NC(C)c2ccccc2)cc1. The van der Waals surface area contributed by atoms with Gasteiger partial charge in [0.05, 0.1) is 23.9 Å². The molecule has 0 saturated carbocycles. The molecule has 3 aromatic rings. The monoisotopic (exact) mass is 444 g/mol. The average molecular weight is 445 g/mol. The summed E-state index contributed by atoms with van der Waals surface area (Å²) >= 11 is 0. The number of amides is 2. The number of hydrogen-bond donors (Lipinski definition) is 2. The van der Waals surface area contributed by atoms with Gasteiger partial charge in [-0.3, -0.25) is 9.59 Å². The average Bonchev–Trinajstić information content (AvgIpc) is 2.85. The standard InChI is InChI=1S/C28H32N2O3/c1-3-4-5-11-20-33-24-18-16-23(17-19-24)27(31)30-26-15-10-9-14-25(26)28(32)29-21(2)22-12-7-6-8-13-22/h6-10,12-19,21H,3-5,11,20H2,1-2H3,(H,29,32)(H,30,31). The molecule has 0 bridgehead atoms. The van der Waals surface area contributed by atoms with Crippen LogP contribution in [-0.2, 0) is 0 Å². The molecule has 33 heavy (non-hydrogen) atoms. The van der Waals surface area contributed by atoms with E-state index in [1.54, 1.807) is 48.5 Å². The summed E-state index contributed by atoms with van der Waals surface area (Å²) in [5.74, 6) is 0.229. The van der Waals surface area contributed by atoms with Crippen LogP contribution in [0.15, 0.2) is 78.9 Å². The van der Waals surface area contributed by atoms with Crippen LogP contribution in [0.3, 0.4) is 0 Å². The largest absolute Gasteiger partial charge is 0.494 e. The van der Waals surface area contributed by atoms with E-state index in [9.17, 15) is 9.59 Å². The Labute approximate surface area is 196 Å². The molecular formula is C28H32N2O3. The van der Waals surface area contributed by atoms with Crippen LogP contribution in [0, 0.1) is 0 Å². The summed E-state index contributed by atoms with van der Waals surface area (Å²) in [6.07, 6.45) is 4.60. The van der Waals surface area contributed by atoms with Crippen LogP contribution >= 0.6 is 0 Å². The van der Waals surface area contributed by atoms with Crippen LogP contribution in [0.25, 0.3) is 0 Å². The van der Waals surface area contributed by atoms with Crippen LogP contribution in [0.2, 0.25) is 0 Å². The Kier molecular flexibility index (Phi) is 9.07. The van der Waals surface area contributed by atoms with Gasteiger partial charge in [-0.15, -0.1) is 0 Å². The van der Waals surface area contributed by atoms with E-state index < -0.39 is 0 Å². The lowest BCUT2D eigenvalue weighted by Gasteiger charge is -2.16. The smallest absolute Gasteiger partial charge is 0.255 e. The Balaban J connectivity index is 1.60. The molecule has 0 aliphatic carbocycles. The van der Waals surface area contributed by atoms with E-state index in [0.29, 0.717) is 23.4 Å². The Morgan fingerprint density at radius 3 is 2.24 bits per heavy atom. The summed E-state index contributed by atoms with van der Waals surface area (Å²) in [5.41, 5.74) is 2.40. The van der Waals surface area contributed by atoms with Crippen LogP contribution in [0.1, 0.15) is 71.9 Å². The molecule has 3 aromatic carbocycles. The maximum atomic E-state index is 12.9. The van der Waals surface area contributed by atoms with Crippen LogP contribution in [-0.4, -0.2) is 18.4 Å². The maximum absolute atomic E-state index is 12.9. The Morgan fingerprint density at radius 1 is 0.818 bits per heavy atom. The third kappa shape index (κ3) is 7.21. The fourth-order valence-electron chi connectivity index (χ4n) is 3.51. The number of anilines is 1. The van der Waals surface area contributed by atoms with Crippen molar-refractivity contribution in [2.45, 2.75) is 45.6 Å². The van der Waals surface area contributed by atoms with Crippen LogP contribution in [0.5, 0.6) is 5.75 Å². The van der Waals surface area contributed by atoms with E-state index in [-0.39, 0.29) is 17.9 Å². The lowest BCUT2D eigenvalue weighted by atomic mass is 10.1. The highest BCUT2D eigenvalue weighted by atomic mass is 16.5. The zero-order chi connectivity index (χ0) is 23.5. The lowest BCUT2D eigenvalue weighted by Crippen LogP contribution is -2.28. The van der Waals surface area contributed by atoms with E-state index in [1.807, 2.05) is 37.3 Å². The molecule has 3 rings (SSSR count). The minimum atomic E-state index is -0.277. The van der Waals surface area contributed by atoms with E-state index in [2.05, 4.69) is 17.6 Å². The fraction of sp³-hybridized carbons (Fsp3) is 0.286. The van der Waals surface area contributed by atoms with Gasteiger partial charge >= 0.3 is 0 Å². The van der Waals surface area contributed by atoms with Crippen LogP contribution in [0.4, 0.5) is 5.69 Å². The molecule has 0 heterocycles. The van der Waals surface area contributed by atoms with Crippen molar-refractivity contribution in [2.75, 3.05) is 11.9 Å². The molecule has 5 nitrogen and oxygen atoms in total. The van der Waals surface area contributed by atoms with Gasteiger partial charge in [-0.1, -0.05) is 68.7 Å². The summed E-state index contributed by atoms with van der Waals surface area (Å²) in [4.78, 5) is 25.7. The van der Waals surface area contributed by atoms with Crippen molar-refractivity contribution in [3.63, 3.8) is 0 Å². The highest BCUT2D eigenvalue weighted by Gasteiger charge is 2.16. The van der Waals surface area contributed by atoms with Gasteiger partial charge in [0.2, 0.25) is 0 Å². The van der Waals surface area contributed by atoms with E-state index in [4.69, 9.17) is 4.74 Å². The van der Waals surface area contributed by atoms with Crippen molar-refractivity contribution in [2.24, 2.45) is 0 Å². The Hall–Kier alpha value is -3.60. The summed E-state index contributed by atoms with van der Waals surface area (Å²) < 4.78 is 5.74. The molecule has 0 saturated heterocycles. The highest BCUT2D eigenvalue weighted by molar-refractivity contribution is 6.09. The minimum absolute atomic E-state index is 0.156. The molecule has 0 aliphatic heterocycles. The molecule has 1 atom stereocenters.